The van der Waals surface area contributed by atoms with E-state index in [-0.39, 0.29) is 36.7 Å². The molecule has 8 rings (SSSR count). The number of cyclic esters (lactones) is 2. The van der Waals surface area contributed by atoms with Crippen LogP contribution in [0.2, 0.25) is 0 Å². The van der Waals surface area contributed by atoms with Gasteiger partial charge in [-0.1, -0.05) is 12.1 Å². The number of rotatable bonds is 3. The van der Waals surface area contributed by atoms with Crippen LogP contribution in [0, 0.1) is 5.41 Å². The van der Waals surface area contributed by atoms with Gasteiger partial charge in [-0.2, -0.15) is 0 Å². The molecule has 2 aliphatic carbocycles. The Hall–Kier alpha value is -2.78. The summed E-state index contributed by atoms with van der Waals surface area (Å²) in [6.07, 6.45) is 2.24. The number of aliphatic hydroxyl groups is 1. The molecule has 0 aromatic heterocycles. The average molecular weight is 507 g/mol. The van der Waals surface area contributed by atoms with Crippen LogP contribution in [0.15, 0.2) is 34.9 Å². The largest absolute Gasteiger partial charge is 0.462 e. The summed E-state index contributed by atoms with van der Waals surface area (Å²) >= 11 is 0. The van der Waals surface area contributed by atoms with Crippen molar-refractivity contribution >= 4 is 23.1 Å². The maximum atomic E-state index is 13.1. The van der Waals surface area contributed by atoms with E-state index in [0.717, 1.165) is 33.4 Å². The molecule has 0 saturated carbocycles. The molecule has 1 spiro atoms. The minimum atomic E-state index is -0.776. The average Bonchev–Trinajstić information content (AvgIpc) is 2.90. The van der Waals surface area contributed by atoms with E-state index in [2.05, 4.69) is 19.1 Å². The van der Waals surface area contributed by atoms with Gasteiger partial charge in [-0.05, 0) is 66.2 Å². The molecule has 37 heavy (non-hydrogen) atoms. The van der Waals surface area contributed by atoms with Crippen molar-refractivity contribution in [3.8, 4) is 0 Å². The lowest BCUT2D eigenvalue weighted by Crippen LogP contribution is -2.57. The molecule has 7 aliphatic rings. The third kappa shape index (κ3) is 3.04. The first-order valence-electron chi connectivity index (χ1n) is 13.0. The SMILES string of the molecule is CO[C@H]1OCCC(c2cc3c4c(c2)[C@@H]2C[C@H]5O[C@H](C)[C@]2(C=C4COC3=O)C2=C5C(=O)OCC2)=C1[C@H](C)O. The number of hydrogen-bond donors (Lipinski definition) is 1. The highest BCUT2D eigenvalue weighted by Crippen LogP contribution is 2.64. The number of fused-ring (bicyclic) bond motifs is 1. The number of aliphatic hydroxyl groups excluding tert-OH is 1. The summed E-state index contributed by atoms with van der Waals surface area (Å²) in [5, 5.41) is 10.7. The highest BCUT2D eigenvalue weighted by molar-refractivity contribution is 6.02. The van der Waals surface area contributed by atoms with Crippen molar-refractivity contribution in [2.24, 2.45) is 5.41 Å². The third-order valence-corrected chi connectivity index (χ3v) is 9.14. The van der Waals surface area contributed by atoms with Gasteiger partial charge in [0.25, 0.3) is 0 Å². The van der Waals surface area contributed by atoms with Gasteiger partial charge in [0.1, 0.15) is 6.61 Å². The summed E-state index contributed by atoms with van der Waals surface area (Å²) in [5.74, 6) is -0.570. The predicted octanol–water partition coefficient (Wildman–Crippen LogP) is 3.29. The van der Waals surface area contributed by atoms with Crippen molar-refractivity contribution in [2.45, 2.75) is 63.6 Å². The van der Waals surface area contributed by atoms with Gasteiger partial charge in [0.15, 0.2) is 6.29 Å². The molecule has 1 aromatic carbocycles. The molecule has 0 unspecified atom stereocenters. The van der Waals surface area contributed by atoms with E-state index in [1.54, 1.807) is 14.0 Å². The van der Waals surface area contributed by atoms with Crippen molar-refractivity contribution in [1.29, 1.82) is 0 Å². The van der Waals surface area contributed by atoms with Crippen molar-refractivity contribution in [3.05, 3.63) is 57.2 Å². The van der Waals surface area contributed by atoms with E-state index in [9.17, 15) is 14.7 Å². The number of carbonyl (C=O) groups excluding carboxylic acids is 2. The molecule has 1 fully saturated rings. The summed E-state index contributed by atoms with van der Waals surface area (Å²) < 4.78 is 28.8. The van der Waals surface area contributed by atoms with Gasteiger partial charge >= 0.3 is 11.9 Å². The van der Waals surface area contributed by atoms with Crippen molar-refractivity contribution in [3.63, 3.8) is 0 Å². The van der Waals surface area contributed by atoms with Crippen molar-refractivity contribution in [1.82, 2.24) is 0 Å². The number of hydrogen-bond acceptors (Lipinski definition) is 8. The number of benzene rings is 1. The Bertz CT molecular complexity index is 1330. The van der Waals surface area contributed by atoms with E-state index >= 15 is 0 Å². The van der Waals surface area contributed by atoms with Gasteiger partial charge in [-0.25, -0.2) is 9.59 Å². The summed E-state index contributed by atoms with van der Waals surface area (Å²) in [4.78, 5) is 25.9. The van der Waals surface area contributed by atoms with Gasteiger partial charge in [-0.3, -0.25) is 0 Å². The van der Waals surface area contributed by atoms with Crippen molar-refractivity contribution in [2.75, 3.05) is 26.9 Å². The molecule has 1 N–H and O–H groups in total. The molecule has 0 radical (unpaired) electrons. The maximum absolute atomic E-state index is 13.1. The fraction of sp³-hybridized carbons (Fsp3) is 0.517. The molecular formula is C29H30O8. The van der Waals surface area contributed by atoms with Gasteiger partial charge in [-0.15, -0.1) is 0 Å². The molecule has 5 aliphatic heterocycles. The van der Waals surface area contributed by atoms with Gasteiger partial charge < -0.3 is 28.8 Å². The Morgan fingerprint density at radius 2 is 1.97 bits per heavy atom. The first-order chi connectivity index (χ1) is 17.8. The van der Waals surface area contributed by atoms with Crippen LogP contribution < -0.4 is 0 Å². The van der Waals surface area contributed by atoms with Crippen LogP contribution in [0.3, 0.4) is 0 Å². The minimum absolute atomic E-state index is 0.0444. The molecule has 1 aromatic rings. The lowest BCUT2D eigenvalue weighted by atomic mass is 9.51. The van der Waals surface area contributed by atoms with Crippen LogP contribution in [-0.2, 0) is 28.5 Å². The first kappa shape index (κ1) is 23.3. The van der Waals surface area contributed by atoms with E-state index in [4.69, 9.17) is 23.7 Å². The van der Waals surface area contributed by atoms with Crippen LogP contribution >= 0.6 is 0 Å². The number of ether oxygens (including phenoxy) is 5. The number of esters is 2. The lowest BCUT2D eigenvalue weighted by molar-refractivity contribution is -0.153. The third-order valence-electron chi connectivity index (χ3n) is 9.14. The zero-order valence-corrected chi connectivity index (χ0v) is 21.2. The van der Waals surface area contributed by atoms with Crippen LogP contribution in [0.4, 0.5) is 0 Å². The van der Waals surface area contributed by atoms with Crippen LogP contribution in [0.1, 0.15) is 66.1 Å². The molecule has 1 saturated heterocycles. The fourth-order valence-electron chi connectivity index (χ4n) is 7.72. The second-order valence-corrected chi connectivity index (χ2v) is 10.8. The molecule has 8 heteroatoms. The zero-order valence-electron chi connectivity index (χ0n) is 21.2. The lowest BCUT2D eigenvalue weighted by Gasteiger charge is -2.59. The summed E-state index contributed by atoms with van der Waals surface area (Å²) in [6, 6.07) is 4.08. The van der Waals surface area contributed by atoms with E-state index in [1.807, 2.05) is 6.07 Å². The smallest absolute Gasteiger partial charge is 0.339 e. The van der Waals surface area contributed by atoms with E-state index in [1.165, 1.54) is 0 Å². The molecule has 0 amide bonds. The standard InChI is InChI=1S/C29H30O8/c1-13(30)23-17(4-6-35-28(23)33-3)15-8-18-21-10-22-25-20(5-7-34-27(25)32)29(21,14(2)37-22)11-16-12-36-26(31)19(9-15)24(16)18/h8-9,11,13-14,21-22,28,30H,4-7,10,12H2,1-3H3/t13-,14+,21-,22+,28-,29+/m0/s1. The second-order valence-electron chi connectivity index (χ2n) is 10.8. The molecule has 2 bridgehead atoms. The number of methoxy groups -OCH3 is 1. The van der Waals surface area contributed by atoms with E-state index < -0.39 is 17.8 Å². The topological polar surface area (TPSA) is 101 Å². The normalized spacial score (nSPS) is 34.8. The molecule has 194 valence electrons. The van der Waals surface area contributed by atoms with Gasteiger partial charge in [0, 0.05) is 30.4 Å². The molecule has 6 atom stereocenters. The Kier molecular flexibility index (Phi) is 5.12. The monoisotopic (exact) mass is 506 g/mol. The Morgan fingerprint density at radius 1 is 1.14 bits per heavy atom. The molecule has 5 heterocycles. The quantitative estimate of drug-likeness (QED) is 0.624. The predicted molar refractivity (Wildman–Crippen MR) is 131 cm³/mol. The summed E-state index contributed by atoms with van der Waals surface area (Å²) in [6.45, 7) is 4.80. The van der Waals surface area contributed by atoms with Crippen LogP contribution in [-0.4, -0.2) is 68.6 Å². The highest BCUT2D eigenvalue weighted by atomic mass is 16.7. The Balaban J connectivity index is 1.49. The molecular weight excluding hydrogens is 476 g/mol. The van der Waals surface area contributed by atoms with Gasteiger partial charge in [0.2, 0.25) is 0 Å². The van der Waals surface area contributed by atoms with E-state index in [0.29, 0.717) is 49.2 Å². The van der Waals surface area contributed by atoms with Crippen LogP contribution in [0.5, 0.6) is 0 Å². The first-order valence-corrected chi connectivity index (χ1v) is 13.0. The maximum Gasteiger partial charge on any atom is 0.339 e. The second kappa shape index (κ2) is 8.11. The minimum Gasteiger partial charge on any atom is -0.462 e. The Labute approximate surface area is 214 Å². The van der Waals surface area contributed by atoms with Crippen LogP contribution in [0.25, 0.3) is 11.1 Å². The number of carbonyl (C=O) groups is 2. The molecule has 8 nitrogen and oxygen atoms in total. The zero-order chi connectivity index (χ0) is 25.6. The Morgan fingerprint density at radius 3 is 2.76 bits per heavy atom. The summed E-state index contributed by atoms with van der Waals surface area (Å²) in [7, 11) is 1.56. The highest BCUT2D eigenvalue weighted by Gasteiger charge is 2.61. The van der Waals surface area contributed by atoms with Crippen molar-refractivity contribution < 1.29 is 38.4 Å². The fourth-order valence-corrected chi connectivity index (χ4v) is 7.72. The van der Waals surface area contributed by atoms with Gasteiger partial charge in [0.05, 0.1) is 42.7 Å². The summed E-state index contributed by atoms with van der Waals surface area (Å²) in [5.41, 5.74) is 7.31.